The van der Waals surface area contributed by atoms with Crippen molar-refractivity contribution in [1.82, 2.24) is 4.57 Å². The zero-order valence-electron chi connectivity index (χ0n) is 23.1. The number of hydrogen-bond acceptors (Lipinski definition) is 8. The van der Waals surface area contributed by atoms with Gasteiger partial charge in [-0.2, -0.15) is 0 Å². The molecule has 2 aliphatic heterocycles. The molecule has 0 aliphatic carbocycles. The van der Waals surface area contributed by atoms with Crippen molar-refractivity contribution >= 4 is 34.2 Å². The van der Waals surface area contributed by atoms with E-state index in [0.717, 1.165) is 28.3 Å². The van der Waals surface area contributed by atoms with Crippen LogP contribution in [0.25, 0.3) is 16.8 Å². The average Bonchev–Trinajstić information content (AvgIpc) is 3.30. The van der Waals surface area contributed by atoms with Crippen molar-refractivity contribution in [2.75, 3.05) is 26.9 Å². The van der Waals surface area contributed by atoms with Crippen LogP contribution in [0.5, 0.6) is 17.2 Å². The second-order valence-corrected chi connectivity index (χ2v) is 10.7. The number of hydrogen-bond donors (Lipinski definition) is 0. The van der Waals surface area contributed by atoms with Crippen molar-refractivity contribution in [2.24, 2.45) is 4.99 Å². The first-order chi connectivity index (χ1) is 20.0. The predicted molar refractivity (Wildman–Crippen MR) is 158 cm³/mol. The molecule has 4 aromatic rings. The van der Waals surface area contributed by atoms with E-state index in [0.29, 0.717) is 57.5 Å². The van der Waals surface area contributed by atoms with Gasteiger partial charge >= 0.3 is 5.97 Å². The van der Waals surface area contributed by atoms with Crippen LogP contribution in [0.1, 0.15) is 43.9 Å². The molecule has 0 saturated heterocycles. The number of fused-ring (bicyclic) bond motifs is 3. The highest BCUT2D eigenvalue weighted by Crippen LogP contribution is 2.41. The SMILES string of the molecule is CCCC1=C(C(=O)OCC)[C@H](c2c(OC)ccc3ccccc23)n2c(sc(=Cc3ccc4c(c3)OCCO4)c2=O)=N1. The second kappa shape index (κ2) is 11.2. The van der Waals surface area contributed by atoms with Crippen molar-refractivity contribution < 1.29 is 23.7 Å². The molecule has 0 radical (unpaired) electrons. The monoisotopic (exact) mass is 570 g/mol. The summed E-state index contributed by atoms with van der Waals surface area (Å²) in [6.45, 7) is 4.99. The average molecular weight is 571 g/mol. The molecule has 1 aromatic heterocycles. The lowest BCUT2D eigenvalue weighted by Crippen LogP contribution is -2.40. The molecule has 0 unspecified atom stereocenters. The van der Waals surface area contributed by atoms with Gasteiger partial charge < -0.3 is 18.9 Å². The van der Waals surface area contributed by atoms with Crippen molar-refractivity contribution in [1.29, 1.82) is 0 Å². The van der Waals surface area contributed by atoms with Crippen LogP contribution in [-0.4, -0.2) is 37.5 Å². The molecule has 0 saturated carbocycles. The summed E-state index contributed by atoms with van der Waals surface area (Å²) in [4.78, 5) is 33.3. The standard InChI is InChI=1S/C32H30N2O6S/c1-4-8-22-28(31(36)38-5-2)29(27-21-10-7-6-9-20(21)12-14-24(27)37-3)34-30(35)26(41-32(34)33-22)18-19-11-13-23-25(17-19)40-16-15-39-23/h6-7,9-14,17-18,29H,4-5,8,15-16H2,1-3H3/t29-/m0/s1. The number of nitrogens with zero attached hydrogens (tertiary/aromatic N) is 2. The van der Waals surface area contributed by atoms with E-state index < -0.39 is 12.0 Å². The minimum absolute atomic E-state index is 0.204. The summed E-state index contributed by atoms with van der Waals surface area (Å²) in [7, 11) is 1.60. The van der Waals surface area contributed by atoms with Crippen LogP contribution in [0, 0.1) is 0 Å². The molecule has 0 fully saturated rings. The van der Waals surface area contributed by atoms with E-state index in [4.69, 9.17) is 23.9 Å². The number of thiazole rings is 1. The molecule has 0 bridgehead atoms. The largest absolute Gasteiger partial charge is 0.496 e. The van der Waals surface area contributed by atoms with E-state index in [1.165, 1.54) is 11.3 Å². The lowest BCUT2D eigenvalue weighted by atomic mass is 9.90. The minimum Gasteiger partial charge on any atom is -0.496 e. The number of esters is 1. The summed E-state index contributed by atoms with van der Waals surface area (Å²) in [5, 5.41) is 1.86. The molecular formula is C32H30N2O6S. The third kappa shape index (κ3) is 4.80. The van der Waals surface area contributed by atoms with Crippen LogP contribution < -0.4 is 29.1 Å². The number of allylic oxidation sites excluding steroid dienone is 1. The molecular weight excluding hydrogens is 540 g/mol. The number of methoxy groups -OCH3 is 1. The first-order valence-corrected chi connectivity index (χ1v) is 14.5. The Labute approximate surface area is 240 Å². The molecule has 0 spiro atoms. The van der Waals surface area contributed by atoms with E-state index in [1.54, 1.807) is 18.6 Å². The third-order valence-corrected chi connectivity index (χ3v) is 8.16. The Morgan fingerprint density at radius 1 is 1.10 bits per heavy atom. The molecule has 2 aliphatic rings. The summed E-state index contributed by atoms with van der Waals surface area (Å²) in [5.74, 6) is 1.42. The highest BCUT2D eigenvalue weighted by molar-refractivity contribution is 7.07. The fourth-order valence-corrected chi connectivity index (χ4v) is 6.45. The molecule has 3 aromatic carbocycles. The van der Waals surface area contributed by atoms with E-state index in [-0.39, 0.29) is 12.2 Å². The Morgan fingerprint density at radius 3 is 2.68 bits per heavy atom. The van der Waals surface area contributed by atoms with E-state index in [1.807, 2.05) is 67.6 Å². The first kappa shape index (κ1) is 26.8. The molecule has 9 heteroatoms. The number of aromatic nitrogens is 1. The number of rotatable bonds is 7. The Bertz CT molecular complexity index is 1870. The van der Waals surface area contributed by atoms with E-state index in [2.05, 4.69) is 0 Å². The fourth-order valence-electron chi connectivity index (χ4n) is 5.43. The molecule has 0 N–H and O–H groups in total. The molecule has 3 heterocycles. The zero-order chi connectivity index (χ0) is 28.5. The Hall–Kier alpha value is -4.37. The summed E-state index contributed by atoms with van der Waals surface area (Å²) in [6.07, 6.45) is 3.16. The van der Waals surface area contributed by atoms with E-state index >= 15 is 0 Å². The molecule has 1 atom stereocenters. The number of carbonyl (C=O) groups excluding carboxylic acids is 1. The van der Waals surface area contributed by atoms with Crippen molar-refractivity contribution in [2.45, 2.75) is 32.7 Å². The summed E-state index contributed by atoms with van der Waals surface area (Å²) >= 11 is 1.30. The van der Waals surface area contributed by atoms with Gasteiger partial charge in [0.2, 0.25) is 0 Å². The van der Waals surface area contributed by atoms with E-state index in [9.17, 15) is 9.59 Å². The normalized spacial score (nSPS) is 16.4. The van der Waals surface area contributed by atoms with Crippen LogP contribution in [0.4, 0.5) is 0 Å². The van der Waals surface area contributed by atoms with Gasteiger partial charge in [0, 0.05) is 5.56 Å². The second-order valence-electron chi connectivity index (χ2n) is 9.72. The van der Waals surface area contributed by atoms with Gasteiger partial charge in [0.25, 0.3) is 5.56 Å². The molecule has 6 rings (SSSR count). The topological polar surface area (TPSA) is 88.4 Å². The first-order valence-electron chi connectivity index (χ1n) is 13.7. The molecule has 210 valence electrons. The Morgan fingerprint density at radius 2 is 1.90 bits per heavy atom. The maximum Gasteiger partial charge on any atom is 0.338 e. The molecule has 8 nitrogen and oxygen atoms in total. The quantitative estimate of drug-likeness (QED) is 0.304. The Balaban J connectivity index is 1.64. The van der Waals surface area contributed by atoms with Crippen LogP contribution in [0.15, 0.2) is 75.7 Å². The zero-order valence-corrected chi connectivity index (χ0v) is 24.0. The highest BCUT2D eigenvalue weighted by Gasteiger charge is 2.37. The van der Waals surface area contributed by atoms with Crippen LogP contribution in [0.3, 0.4) is 0 Å². The smallest absolute Gasteiger partial charge is 0.338 e. The maximum atomic E-state index is 14.2. The lowest BCUT2D eigenvalue weighted by molar-refractivity contribution is -0.139. The minimum atomic E-state index is -0.782. The van der Waals surface area contributed by atoms with Gasteiger partial charge in [0.15, 0.2) is 16.3 Å². The Kier molecular flexibility index (Phi) is 7.36. The highest BCUT2D eigenvalue weighted by atomic mass is 32.1. The van der Waals surface area contributed by atoms with Crippen LogP contribution >= 0.6 is 11.3 Å². The molecule has 41 heavy (non-hydrogen) atoms. The number of ether oxygens (including phenoxy) is 4. The van der Waals surface area contributed by atoms with Gasteiger partial charge in [-0.3, -0.25) is 9.36 Å². The van der Waals surface area contributed by atoms with Gasteiger partial charge in [-0.05, 0) is 54.0 Å². The summed E-state index contributed by atoms with van der Waals surface area (Å²) < 4.78 is 24.9. The van der Waals surface area contributed by atoms with Gasteiger partial charge in [-0.15, -0.1) is 0 Å². The predicted octanol–water partition coefficient (Wildman–Crippen LogP) is 4.51. The fraction of sp³-hybridized carbons (Fsp3) is 0.281. The van der Waals surface area contributed by atoms with Gasteiger partial charge in [0.05, 0.1) is 29.5 Å². The number of carbonyl (C=O) groups is 1. The van der Waals surface area contributed by atoms with Crippen LogP contribution in [0.2, 0.25) is 0 Å². The van der Waals surface area contributed by atoms with Gasteiger partial charge in [-0.25, -0.2) is 9.79 Å². The molecule has 0 amide bonds. The van der Waals surface area contributed by atoms with Crippen LogP contribution in [-0.2, 0) is 9.53 Å². The van der Waals surface area contributed by atoms with Gasteiger partial charge in [0.1, 0.15) is 25.0 Å². The van der Waals surface area contributed by atoms with Crippen molar-refractivity contribution in [3.05, 3.63) is 96.7 Å². The summed E-state index contributed by atoms with van der Waals surface area (Å²) in [6, 6.07) is 16.6. The van der Waals surface area contributed by atoms with Crippen molar-refractivity contribution in [3.63, 3.8) is 0 Å². The lowest BCUT2D eigenvalue weighted by Gasteiger charge is -2.28. The number of benzene rings is 3. The van der Waals surface area contributed by atoms with Gasteiger partial charge in [-0.1, -0.05) is 61.1 Å². The summed E-state index contributed by atoms with van der Waals surface area (Å²) in [5.41, 5.74) is 2.27. The van der Waals surface area contributed by atoms with Crippen molar-refractivity contribution in [3.8, 4) is 17.2 Å². The maximum absolute atomic E-state index is 14.2. The third-order valence-electron chi connectivity index (χ3n) is 7.18.